The van der Waals surface area contributed by atoms with Gasteiger partial charge in [0, 0.05) is 4.90 Å². The van der Waals surface area contributed by atoms with Crippen LogP contribution in [0.2, 0.25) is 0 Å². The Balaban J connectivity index is 2.41. The molecule has 0 aromatic heterocycles. The molecular formula is C16H18OS. The minimum atomic E-state index is -1.16. The van der Waals surface area contributed by atoms with E-state index in [1.165, 1.54) is 18.4 Å². The van der Waals surface area contributed by atoms with Crippen LogP contribution >= 0.6 is 0 Å². The third-order valence-corrected chi connectivity index (χ3v) is 4.55. The molecule has 0 N–H and O–H groups in total. The number of hydrogen-bond donors (Lipinski definition) is 0. The second-order valence-electron chi connectivity index (χ2n) is 4.63. The van der Waals surface area contributed by atoms with Crippen molar-refractivity contribution in [2.24, 2.45) is 0 Å². The van der Waals surface area contributed by atoms with E-state index in [0.717, 1.165) is 28.2 Å². The minimum absolute atomic E-state index is 0.748. The van der Waals surface area contributed by atoms with Gasteiger partial charge in [0.2, 0.25) is 0 Å². The Hall–Kier alpha value is -1.37. The molecule has 2 rings (SSSR count). The first-order valence-corrected chi connectivity index (χ1v) is 7.45. The molecule has 18 heavy (non-hydrogen) atoms. The van der Waals surface area contributed by atoms with Gasteiger partial charge in [0.1, 0.15) is 0 Å². The Morgan fingerprint density at radius 1 is 1.22 bits per heavy atom. The van der Waals surface area contributed by atoms with Crippen molar-refractivity contribution in [1.29, 1.82) is 0 Å². The van der Waals surface area contributed by atoms with Crippen LogP contribution in [0.3, 0.4) is 0 Å². The summed E-state index contributed by atoms with van der Waals surface area (Å²) < 4.78 is 12.5. The molecule has 1 unspecified atom stereocenters. The highest BCUT2D eigenvalue weighted by Gasteiger charge is 2.12. The summed E-state index contributed by atoms with van der Waals surface area (Å²) in [6.45, 7) is 5.84. The molecular weight excluding hydrogens is 240 g/mol. The molecule has 1 aliphatic rings. The molecule has 2 heteroatoms. The summed E-state index contributed by atoms with van der Waals surface area (Å²) in [7, 11) is -1.16. The Kier molecular flexibility index (Phi) is 4.35. The highest BCUT2D eigenvalue weighted by molar-refractivity contribution is 7.89. The van der Waals surface area contributed by atoms with Crippen LogP contribution in [0.4, 0.5) is 0 Å². The first kappa shape index (κ1) is 13.1. The van der Waals surface area contributed by atoms with Crippen molar-refractivity contribution in [3.8, 4) is 0 Å². The van der Waals surface area contributed by atoms with E-state index in [-0.39, 0.29) is 0 Å². The van der Waals surface area contributed by atoms with E-state index in [4.69, 9.17) is 0 Å². The molecule has 1 aromatic carbocycles. The highest BCUT2D eigenvalue weighted by Crippen LogP contribution is 2.26. The number of allylic oxidation sites excluding steroid dienone is 1. The van der Waals surface area contributed by atoms with E-state index in [9.17, 15) is 4.21 Å². The fraction of sp³-hybridized carbons (Fsp3) is 0.312. The quantitative estimate of drug-likeness (QED) is 0.582. The van der Waals surface area contributed by atoms with Gasteiger partial charge in [-0.25, -0.2) is 4.21 Å². The van der Waals surface area contributed by atoms with Gasteiger partial charge in [0.05, 0.1) is 15.7 Å². The van der Waals surface area contributed by atoms with Crippen LogP contribution in [-0.2, 0) is 10.8 Å². The zero-order valence-electron chi connectivity index (χ0n) is 10.7. The first-order chi connectivity index (χ1) is 8.68. The minimum Gasteiger partial charge on any atom is -0.248 e. The summed E-state index contributed by atoms with van der Waals surface area (Å²) >= 11 is 0. The molecule has 0 aliphatic heterocycles. The molecule has 1 saturated carbocycles. The second-order valence-corrected chi connectivity index (χ2v) is 6.04. The molecule has 1 fully saturated rings. The Morgan fingerprint density at radius 2 is 1.83 bits per heavy atom. The van der Waals surface area contributed by atoms with Crippen molar-refractivity contribution in [3.05, 3.63) is 58.7 Å². The second kappa shape index (κ2) is 5.99. The van der Waals surface area contributed by atoms with E-state index in [0.29, 0.717) is 0 Å². The molecule has 0 heterocycles. The van der Waals surface area contributed by atoms with Gasteiger partial charge in [-0.3, -0.25) is 0 Å². The summed E-state index contributed by atoms with van der Waals surface area (Å²) in [6.07, 6.45) is 4.62. The van der Waals surface area contributed by atoms with Crippen LogP contribution in [0.15, 0.2) is 63.6 Å². The zero-order chi connectivity index (χ0) is 13.0. The number of rotatable bonds is 3. The molecule has 1 atom stereocenters. The average molecular weight is 258 g/mol. The van der Waals surface area contributed by atoms with Crippen LogP contribution in [0.5, 0.6) is 0 Å². The third kappa shape index (κ3) is 3.10. The predicted octanol–water partition coefficient (Wildman–Crippen LogP) is 4.35. The lowest BCUT2D eigenvalue weighted by atomic mass is 10.2. The van der Waals surface area contributed by atoms with E-state index in [1.807, 2.05) is 37.3 Å². The maximum absolute atomic E-state index is 12.5. The molecule has 1 aromatic rings. The van der Waals surface area contributed by atoms with Gasteiger partial charge in [-0.15, -0.1) is 5.73 Å². The van der Waals surface area contributed by atoms with E-state index in [1.54, 1.807) is 0 Å². The lowest BCUT2D eigenvalue weighted by Crippen LogP contribution is -1.96. The summed E-state index contributed by atoms with van der Waals surface area (Å²) in [5.41, 5.74) is 5.48. The normalized spacial score (nSPS) is 16.2. The van der Waals surface area contributed by atoms with Crippen LogP contribution in [0.1, 0.15) is 32.6 Å². The van der Waals surface area contributed by atoms with E-state index in [2.05, 4.69) is 12.3 Å². The van der Waals surface area contributed by atoms with Gasteiger partial charge in [0.25, 0.3) is 0 Å². The first-order valence-electron chi connectivity index (χ1n) is 6.30. The van der Waals surface area contributed by atoms with E-state index < -0.39 is 10.8 Å². The Labute approximate surface area is 111 Å². The van der Waals surface area contributed by atoms with Crippen molar-refractivity contribution in [2.75, 3.05) is 0 Å². The average Bonchev–Trinajstić information content (AvgIpc) is 2.89. The largest absolute Gasteiger partial charge is 0.248 e. The summed E-state index contributed by atoms with van der Waals surface area (Å²) in [4.78, 5) is 1.57. The van der Waals surface area contributed by atoms with Crippen LogP contribution in [0.25, 0.3) is 0 Å². The Bertz CT molecular complexity index is 525. The molecule has 0 radical (unpaired) electrons. The fourth-order valence-electron chi connectivity index (χ4n) is 2.06. The maximum Gasteiger partial charge on any atom is 0.0931 e. The lowest BCUT2D eigenvalue weighted by molar-refractivity contribution is 0.687. The van der Waals surface area contributed by atoms with Crippen molar-refractivity contribution < 1.29 is 4.21 Å². The van der Waals surface area contributed by atoms with Crippen molar-refractivity contribution >= 4 is 10.8 Å². The molecule has 1 nitrogen and oxygen atoms in total. The van der Waals surface area contributed by atoms with Gasteiger partial charge < -0.3 is 0 Å². The van der Waals surface area contributed by atoms with Gasteiger partial charge in [-0.05, 0) is 55.9 Å². The van der Waals surface area contributed by atoms with Gasteiger partial charge >= 0.3 is 0 Å². The summed E-state index contributed by atoms with van der Waals surface area (Å²) in [5, 5.41) is 0. The van der Waals surface area contributed by atoms with Crippen molar-refractivity contribution in [2.45, 2.75) is 37.5 Å². The topological polar surface area (TPSA) is 17.1 Å². The standard InChI is InChI=1S/C16H18OS/c1-13(2)16(12-14-8-6-7-9-14)18(17)15-10-4-3-5-11-15/h3-5,10-11H,1,6-9H2,2H3. The molecule has 0 spiro atoms. The van der Waals surface area contributed by atoms with Gasteiger partial charge in [-0.2, -0.15) is 0 Å². The lowest BCUT2D eigenvalue weighted by Gasteiger charge is -2.05. The van der Waals surface area contributed by atoms with Crippen molar-refractivity contribution in [1.82, 2.24) is 0 Å². The third-order valence-electron chi connectivity index (χ3n) is 3.03. The van der Waals surface area contributed by atoms with Crippen molar-refractivity contribution in [3.63, 3.8) is 0 Å². The van der Waals surface area contributed by atoms with Crippen LogP contribution in [0, 0.1) is 0 Å². The van der Waals surface area contributed by atoms with Gasteiger partial charge in [0.15, 0.2) is 0 Å². The highest BCUT2D eigenvalue weighted by atomic mass is 32.2. The number of benzene rings is 1. The predicted molar refractivity (Wildman–Crippen MR) is 76.7 cm³/mol. The SMILES string of the molecule is C=C(C)C(=C=C1CCCC1)S(=O)c1ccccc1. The fourth-order valence-corrected chi connectivity index (χ4v) is 3.25. The zero-order valence-corrected chi connectivity index (χ0v) is 11.6. The molecule has 0 bridgehead atoms. The van der Waals surface area contributed by atoms with Crippen LogP contribution < -0.4 is 0 Å². The smallest absolute Gasteiger partial charge is 0.0931 e. The number of hydrogen-bond acceptors (Lipinski definition) is 1. The maximum atomic E-state index is 12.5. The van der Waals surface area contributed by atoms with Gasteiger partial charge in [-0.1, -0.05) is 24.8 Å². The molecule has 0 saturated heterocycles. The molecule has 94 valence electrons. The molecule has 0 amide bonds. The molecule has 1 aliphatic carbocycles. The van der Waals surface area contributed by atoms with E-state index >= 15 is 0 Å². The summed E-state index contributed by atoms with van der Waals surface area (Å²) in [5.74, 6) is 0. The monoisotopic (exact) mass is 258 g/mol. The Morgan fingerprint density at radius 3 is 2.39 bits per heavy atom. The summed E-state index contributed by atoms with van der Waals surface area (Å²) in [6, 6.07) is 9.53. The van der Waals surface area contributed by atoms with Crippen LogP contribution in [-0.4, -0.2) is 4.21 Å².